The van der Waals surface area contributed by atoms with Crippen molar-refractivity contribution in [3.8, 4) is 11.5 Å². The zero-order chi connectivity index (χ0) is 19.9. The average Bonchev–Trinajstić information content (AvgIpc) is 3.03. The van der Waals surface area contributed by atoms with E-state index < -0.39 is 11.9 Å². The number of nitrogens with one attached hydrogen (secondary N) is 3. The van der Waals surface area contributed by atoms with Gasteiger partial charge >= 0.3 is 0 Å². The van der Waals surface area contributed by atoms with E-state index in [4.69, 9.17) is 4.74 Å². The summed E-state index contributed by atoms with van der Waals surface area (Å²) >= 11 is 0. The number of guanidine groups is 1. The number of ether oxygens (including phenoxy) is 1. The average molecular weight is 381 g/mol. The van der Waals surface area contributed by atoms with Crippen molar-refractivity contribution in [2.75, 3.05) is 12.4 Å². The molecule has 2 amide bonds. The number of benzene rings is 2. The van der Waals surface area contributed by atoms with Gasteiger partial charge in [0.15, 0.2) is 0 Å². The second kappa shape index (κ2) is 8.67. The molecule has 0 aliphatic carbocycles. The third kappa shape index (κ3) is 4.85. The molecule has 3 rings (SSSR count). The normalized spacial score (nSPS) is 15.8. The number of aromatic hydroxyl groups is 1. The number of hydrogen-bond acceptors (Lipinski definition) is 7. The lowest BCUT2D eigenvalue weighted by Gasteiger charge is -2.10. The van der Waals surface area contributed by atoms with Gasteiger partial charge in [-0.3, -0.25) is 14.9 Å². The van der Waals surface area contributed by atoms with Crippen LogP contribution in [0.5, 0.6) is 11.5 Å². The summed E-state index contributed by atoms with van der Waals surface area (Å²) in [5.41, 5.74) is 3.89. The van der Waals surface area contributed by atoms with E-state index in [0.29, 0.717) is 11.4 Å². The lowest BCUT2D eigenvalue weighted by Crippen LogP contribution is -2.35. The summed E-state index contributed by atoms with van der Waals surface area (Å²) < 4.78 is 5.18. The Kier molecular flexibility index (Phi) is 5.85. The largest absolute Gasteiger partial charge is 0.508 e. The van der Waals surface area contributed by atoms with E-state index in [1.807, 2.05) is 0 Å². The predicted molar refractivity (Wildman–Crippen MR) is 104 cm³/mol. The van der Waals surface area contributed by atoms with Crippen molar-refractivity contribution in [1.29, 1.82) is 0 Å². The van der Waals surface area contributed by atoms with Gasteiger partial charge in [-0.2, -0.15) is 5.10 Å². The van der Waals surface area contributed by atoms with Crippen molar-refractivity contribution < 1.29 is 19.4 Å². The maximum Gasteiger partial charge on any atom is 0.252 e. The van der Waals surface area contributed by atoms with Crippen LogP contribution in [-0.4, -0.2) is 42.2 Å². The molecule has 1 aliphatic rings. The quantitative estimate of drug-likeness (QED) is 0.442. The fourth-order valence-corrected chi connectivity index (χ4v) is 2.49. The molecule has 2 aromatic rings. The fourth-order valence-electron chi connectivity index (χ4n) is 2.49. The van der Waals surface area contributed by atoms with Crippen LogP contribution in [0.25, 0.3) is 0 Å². The lowest BCUT2D eigenvalue weighted by molar-refractivity contribution is -0.123. The smallest absolute Gasteiger partial charge is 0.252 e. The van der Waals surface area contributed by atoms with Crippen molar-refractivity contribution in [3.05, 3.63) is 54.1 Å². The molecular formula is C19H19N5O4. The summed E-state index contributed by atoms with van der Waals surface area (Å²) in [6.07, 6.45) is 1.40. The Morgan fingerprint density at radius 1 is 1.29 bits per heavy atom. The van der Waals surface area contributed by atoms with Crippen LogP contribution in [0.4, 0.5) is 5.69 Å². The van der Waals surface area contributed by atoms with E-state index in [1.165, 1.54) is 25.5 Å². The van der Waals surface area contributed by atoms with Gasteiger partial charge in [-0.05, 0) is 42.0 Å². The number of hydrogen-bond donors (Lipinski definition) is 4. The molecular weight excluding hydrogens is 362 g/mol. The van der Waals surface area contributed by atoms with E-state index in [2.05, 4.69) is 26.2 Å². The van der Waals surface area contributed by atoms with Crippen molar-refractivity contribution in [2.24, 2.45) is 10.1 Å². The Morgan fingerprint density at radius 3 is 2.79 bits per heavy atom. The highest BCUT2D eigenvalue weighted by atomic mass is 16.5. The molecule has 2 aromatic carbocycles. The summed E-state index contributed by atoms with van der Waals surface area (Å²) in [5, 5.41) is 18.5. The first-order valence-corrected chi connectivity index (χ1v) is 8.45. The van der Waals surface area contributed by atoms with Gasteiger partial charge in [-0.1, -0.05) is 12.1 Å². The summed E-state index contributed by atoms with van der Waals surface area (Å²) in [5.74, 6) is 0.0998. The van der Waals surface area contributed by atoms with Crippen LogP contribution < -0.4 is 20.8 Å². The van der Waals surface area contributed by atoms with E-state index >= 15 is 0 Å². The molecule has 9 nitrogen and oxygen atoms in total. The van der Waals surface area contributed by atoms with Crippen molar-refractivity contribution >= 4 is 29.7 Å². The minimum atomic E-state index is -0.846. The number of methoxy groups -OCH3 is 1. The number of rotatable bonds is 6. The molecule has 1 heterocycles. The van der Waals surface area contributed by atoms with Crippen molar-refractivity contribution in [2.45, 2.75) is 12.5 Å². The SMILES string of the molecule is COc1ccccc1NC(=O)CC1N=C(NN=Cc2ccc(O)cc2)NC1=O. The first-order chi connectivity index (χ1) is 13.5. The second-order valence-electron chi connectivity index (χ2n) is 5.90. The number of hydrazone groups is 1. The monoisotopic (exact) mass is 381 g/mol. The molecule has 0 radical (unpaired) electrons. The number of aliphatic imine (C=N–C) groups is 1. The molecule has 1 unspecified atom stereocenters. The Bertz CT molecular complexity index is 924. The van der Waals surface area contributed by atoms with E-state index in [0.717, 1.165) is 5.56 Å². The highest BCUT2D eigenvalue weighted by molar-refractivity contribution is 6.07. The van der Waals surface area contributed by atoms with Gasteiger partial charge in [0, 0.05) is 0 Å². The lowest BCUT2D eigenvalue weighted by atomic mass is 10.2. The van der Waals surface area contributed by atoms with E-state index in [9.17, 15) is 14.7 Å². The third-order valence-electron chi connectivity index (χ3n) is 3.87. The first kappa shape index (κ1) is 18.9. The fraction of sp³-hybridized carbons (Fsp3) is 0.158. The second-order valence-corrected chi connectivity index (χ2v) is 5.90. The molecule has 0 spiro atoms. The standard InChI is InChI=1S/C19H19N5O4/c1-28-16-5-3-2-4-14(16)21-17(26)10-15-18(27)23-19(22-15)24-20-11-12-6-8-13(25)9-7-12/h2-9,11,15,25H,10H2,1H3,(H,21,26)(H2,22,23,24,27). The number of para-hydroxylation sites is 2. The van der Waals surface area contributed by atoms with Crippen LogP contribution in [0.2, 0.25) is 0 Å². The molecule has 1 aliphatic heterocycles. The number of carbonyl (C=O) groups excluding carboxylic acids is 2. The summed E-state index contributed by atoms with van der Waals surface area (Å²) in [7, 11) is 1.51. The van der Waals surface area contributed by atoms with E-state index in [1.54, 1.807) is 36.4 Å². The minimum Gasteiger partial charge on any atom is -0.508 e. The third-order valence-corrected chi connectivity index (χ3v) is 3.87. The molecule has 1 atom stereocenters. The van der Waals surface area contributed by atoms with E-state index in [-0.39, 0.29) is 24.0 Å². The van der Waals surface area contributed by atoms with Gasteiger partial charge in [0.25, 0.3) is 5.91 Å². The van der Waals surface area contributed by atoms with Crippen LogP contribution in [0, 0.1) is 0 Å². The Hall–Kier alpha value is -3.88. The number of anilines is 1. The molecule has 4 N–H and O–H groups in total. The molecule has 144 valence electrons. The molecule has 0 bridgehead atoms. The van der Waals surface area contributed by atoms with Crippen LogP contribution >= 0.6 is 0 Å². The zero-order valence-electron chi connectivity index (χ0n) is 15.0. The topological polar surface area (TPSA) is 124 Å². The number of nitrogens with zero attached hydrogens (tertiary/aromatic N) is 2. The number of carbonyl (C=O) groups is 2. The van der Waals surface area contributed by atoms with Gasteiger partial charge in [-0.15, -0.1) is 0 Å². The minimum absolute atomic E-state index is 0.114. The number of phenolic OH excluding ortho intramolecular Hbond substituents is 1. The maximum absolute atomic E-state index is 12.2. The first-order valence-electron chi connectivity index (χ1n) is 8.45. The molecule has 0 saturated heterocycles. The Morgan fingerprint density at radius 2 is 2.04 bits per heavy atom. The predicted octanol–water partition coefficient (Wildman–Crippen LogP) is 1.21. The van der Waals surface area contributed by atoms with Crippen molar-refractivity contribution in [3.63, 3.8) is 0 Å². The molecule has 0 aromatic heterocycles. The van der Waals surface area contributed by atoms with Crippen molar-refractivity contribution in [1.82, 2.24) is 10.7 Å². The van der Waals surface area contributed by atoms with Gasteiger partial charge in [0.05, 0.1) is 25.4 Å². The van der Waals surface area contributed by atoms with Gasteiger partial charge < -0.3 is 15.2 Å². The molecule has 0 saturated carbocycles. The zero-order valence-corrected chi connectivity index (χ0v) is 15.0. The highest BCUT2D eigenvalue weighted by Crippen LogP contribution is 2.23. The van der Waals surface area contributed by atoms with Crippen LogP contribution in [0.1, 0.15) is 12.0 Å². The van der Waals surface area contributed by atoms with Crippen LogP contribution in [0.3, 0.4) is 0 Å². The highest BCUT2D eigenvalue weighted by Gasteiger charge is 2.28. The number of phenols is 1. The Labute approximate surface area is 161 Å². The molecule has 9 heteroatoms. The van der Waals surface area contributed by atoms with Gasteiger partial charge in [0.1, 0.15) is 17.5 Å². The van der Waals surface area contributed by atoms with Crippen LogP contribution in [-0.2, 0) is 9.59 Å². The van der Waals surface area contributed by atoms with Crippen LogP contribution in [0.15, 0.2) is 58.6 Å². The summed E-state index contributed by atoms with van der Waals surface area (Å²) in [4.78, 5) is 28.4. The summed E-state index contributed by atoms with van der Waals surface area (Å²) in [6.45, 7) is 0. The molecule has 0 fully saturated rings. The van der Waals surface area contributed by atoms with Gasteiger partial charge in [-0.25, -0.2) is 10.4 Å². The Balaban J connectivity index is 1.55. The number of amides is 2. The summed E-state index contributed by atoms with van der Waals surface area (Å²) in [6, 6.07) is 12.6. The molecule has 28 heavy (non-hydrogen) atoms. The van der Waals surface area contributed by atoms with Gasteiger partial charge in [0.2, 0.25) is 11.9 Å². The maximum atomic E-state index is 12.2.